The van der Waals surface area contributed by atoms with Crippen LogP contribution in [0.3, 0.4) is 0 Å². The van der Waals surface area contributed by atoms with Crippen molar-refractivity contribution < 1.29 is 9.13 Å². The lowest BCUT2D eigenvalue weighted by Crippen LogP contribution is -2.33. The van der Waals surface area contributed by atoms with Crippen molar-refractivity contribution in [2.45, 2.75) is 45.3 Å². The highest BCUT2D eigenvalue weighted by atomic mass is 19.1. The van der Waals surface area contributed by atoms with E-state index in [0.29, 0.717) is 17.7 Å². The van der Waals surface area contributed by atoms with E-state index in [1.54, 1.807) is 13.0 Å². The second-order valence-corrected chi connectivity index (χ2v) is 4.73. The zero-order valence-corrected chi connectivity index (χ0v) is 10.5. The molecule has 2 unspecified atom stereocenters. The Bertz CT molecular complexity index is 380. The van der Waals surface area contributed by atoms with Crippen LogP contribution >= 0.6 is 0 Å². The molecule has 1 aliphatic heterocycles. The first kappa shape index (κ1) is 12.4. The Morgan fingerprint density at radius 1 is 1.47 bits per heavy atom. The summed E-state index contributed by atoms with van der Waals surface area (Å²) in [5, 5.41) is 3.47. The number of nitrogens with one attached hydrogen (secondary N) is 1. The first-order valence-electron chi connectivity index (χ1n) is 6.33. The number of halogens is 1. The van der Waals surface area contributed by atoms with E-state index in [1.165, 1.54) is 6.07 Å². The Morgan fingerprint density at radius 2 is 2.29 bits per heavy atom. The van der Waals surface area contributed by atoms with Crippen molar-refractivity contribution in [1.82, 2.24) is 0 Å². The molecule has 0 bridgehead atoms. The Balaban J connectivity index is 1.97. The molecular weight excluding hydrogens is 217 g/mol. The van der Waals surface area contributed by atoms with Gasteiger partial charge in [-0.3, -0.25) is 0 Å². The molecule has 1 aromatic carbocycles. The van der Waals surface area contributed by atoms with Crippen LogP contribution in [0.4, 0.5) is 10.1 Å². The van der Waals surface area contributed by atoms with E-state index in [4.69, 9.17) is 4.74 Å². The van der Waals surface area contributed by atoms with Gasteiger partial charge in [-0.1, -0.05) is 6.92 Å². The van der Waals surface area contributed by atoms with E-state index in [-0.39, 0.29) is 5.82 Å². The van der Waals surface area contributed by atoms with Crippen LogP contribution in [0.2, 0.25) is 0 Å². The molecule has 0 spiro atoms. The summed E-state index contributed by atoms with van der Waals surface area (Å²) < 4.78 is 18.8. The summed E-state index contributed by atoms with van der Waals surface area (Å²) in [5.41, 5.74) is 1.69. The molecule has 0 aliphatic carbocycles. The molecule has 0 radical (unpaired) electrons. The largest absolute Gasteiger partial charge is 0.382 e. The van der Waals surface area contributed by atoms with Crippen LogP contribution in [0.1, 0.15) is 31.7 Å². The maximum atomic E-state index is 13.1. The third-order valence-corrected chi connectivity index (χ3v) is 3.35. The van der Waals surface area contributed by atoms with Gasteiger partial charge in [-0.25, -0.2) is 4.39 Å². The summed E-state index contributed by atoms with van der Waals surface area (Å²) in [7, 11) is 0. The van der Waals surface area contributed by atoms with E-state index in [2.05, 4.69) is 12.2 Å². The summed E-state index contributed by atoms with van der Waals surface area (Å²) in [6, 6.07) is 5.64. The Kier molecular flexibility index (Phi) is 4.00. The van der Waals surface area contributed by atoms with Gasteiger partial charge in [-0.05, 0) is 49.9 Å². The number of hydrogen-bond acceptors (Lipinski definition) is 2. The average molecular weight is 237 g/mol. The van der Waals surface area contributed by atoms with Crippen molar-refractivity contribution in [2.24, 2.45) is 0 Å². The third-order valence-electron chi connectivity index (χ3n) is 3.35. The topological polar surface area (TPSA) is 21.3 Å². The molecule has 2 atom stereocenters. The zero-order valence-electron chi connectivity index (χ0n) is 10.5. The molecule has 94 valence electrons. The second-order valence-electron chi connectivity index (χ2n) is 4.73. The van der Waals surface area contributed by atoms with Gasteiger partial charge in [0.15, 0.2) is 0 Å². The maximum Gasteiger partial charge on any atom is 0.126 e. The van der Waals surface area contributed by atoms with E-state index in [9.17, 15) is 4.39 Å². The van der Waals surface area contributed by atoms with Crippen LogP contribution in [0.5, 0.6) is 0 Å². The van der Waals surface area contributed by atoms with Gasteiger partial charge in [0.25, 0.3) is 0 Å². The number of anilines is 1. The molecule has 17 heavy (non-hydrogen) atoms. The molecule has 2 nitrogen and oxygen atoms in total. The van der Waals surface area contributed by atoms with Crippen LogP contribution in [-0.4, -0.2) is 18.8 Å². The molecule has 1 fully saturated rings. The minimum Gasteiger partial charge on any atom is -0.382 e. The summed E-state index contributed by atoms with van der Waals surface area (Å²) in [4.78, 5) is 0. The van der Waals surface area contributed by atoms with E-state index >= 15 is 0 Å². The smallest absolute Gasteiger partial charge is 0.126 e. The Morgan fingerprint density at radius 3 is 3.00 bits per heavy atom. The van der Waals surface area contributed by atoms with Crippen molar-refractivity contribution in [3.63, 3.8) is 0 Å². The van der Waals surface area contributed by atoms with Gasteiger partial charge in [0, 0.05) is 18.3 Å². The molecular formula is C14H20FNO. The van der Waals surface area contributed by atoms with Gasteiger partial charge in [-0.2, -0.15) is 0 Å². The molecule has 0 amide bonds. The number of aryl methyl sites for hydroxylation is 1. The molecule has 0 aromatic heterocycles. The summed E-state index contributed by atoms with van der Waals surface area (Å²) in [6.45, 7) is 4.75. The summed E-state index contributed by atoms with van der Waals surface area (Å²) in [6.07, 6.45) is 3.48. The number of ether oxygens (including phenoxy) is 1. The van der Waals surface area contributed by atoms with Crippen LogP contribution in [-0.2, 0) is 4.74 Å². The van der Waals surface area contributed by atoms with Crippen molar-refractivity contribution >= 4 is 5.69 Å². The predicted molar refractivity (Wildman–Crippen MR) is 67.8 cm³/mol. The fraction of sp³-hybridized carbons (Fsp3) is 0.571. The normalized spacial score (nSPS) is 24.6. The second kappa shape index (κ2) is 5.50. The van der Waals surface area contributed by atoms with Crippen molar-refractivity contribution in [2.75, 3.05) is 11.9 Å². The van der Waals surface area contributed by atoms with Gasteiger partial charge in [0.1, 0.15) is 5.82 Å². The van der Waals surface area contributed by atoms with Crippen molar-refractivity contribution in [1.29, 1.82) is 0 Å². The van der Waals surface area contributed by atoms with Crippen LogP contribution in [0, 0.1) is 12.7 Å². The molecule has 1 saturated heterocycles. The SMILES string of the molecule is CCC1CC(Nc2ccc(F)c(C)c2)CCO1. The quantitative estimate of drug-likeness (QED) is 0.868. The van der Waals surface area contributed by atoms with Crippen LogP contribution in [0.25, 0.3) is 0 Å². The number of benzene rings is 1. The minimum atomic E-state index is -0.144. The standard InChI is InChI=1S/C14H20FNO/c1-3-13-9-12(6-7-17-13)16-11-4-5-14(15)10(2)8-11/h4-5,8,12-13,16H,3,6-7,9H2,1-2H3. The maximum absolute atomic E-state index is 13.1. The zero-order chi connectivity index (χ0) is 12.3. The summed E-state index contributed by atoms with van der Waals surface area (Å²) >= 11 is 0. The minimum absolute atomic E-state index is 0.144. The Labute approximate surface area is 102 Å². The van der Waals surface area contributed by atoms with Gasteiger partial charge < -0.3 is 10.1 Å². The number of rotatable bonds is 3. The van der Waals surface area contributed by atoms with Crippen LogP contribution in [0.15, 0.2) is 18.2 Å². The molecule has 1 heterocycles. The van der Waals surface area contributed by atoms with Gasteiger partial charge in [0.2, 0.25) is 0 Å². The highest BCUT2D eigenvalue weighted by molar-refractivity contribution is 5.46. The lowest BCUT2D eigenvalue weighted by atomic mass is 10.0. The van der Waals surface area contributed by atoms with E-state index < -0.39 is 0 Å². The molecule has 1 N–H and O–H groups in total. The van der Waals surface area contributed by atoms with Gasteiger partial charge in [-0.15, -0.1) is 0 Å². The highest BCUT2D eigenvalue weighted by Crippen LogP contribution is 2.21. The molecule has 0 saturated carbocycles. The summed E-state index contributed by atoms with van der Waals surface area (Å²) in [5.74, 6) is -0.144. The monoisotopic (exact) mass is 237 g/mol. The molecule has 3 heteroatoms. The van der Waals surface area contributed by atoms with Gasteiger partial charge >= 0.3 is 0 Å². The van der Waals surface area contributed by atoms with E-state index in [0.717, 1.165) is 31.6 Å². The average Bonchev–Trinajstić information content (AvgIpc) is 2.34. The molecule has 2 rings (SSSR count). The fourth-order valence-electron chi connectivity index (χ4n) is 2.27. The predicted octanol–water partition coefficient (Wildman–Crippen LogP) is 3.50. The molecule has 1 aliphatic rings. The Hall–Kier alpha value is -1.09. The van der Waals surface area contributed by atoms with Crippen LogP contribution < -0.4 is 5.32 Å². The van der Waals surface area contributed by atoms with Crippen molar-refractivity contribution in [3.8, 4) is 0 Å². The fourth-order valence-corrected chi connectivity index (χ4v) is 2.27. The van der Waals surface area contributed by atoms with E-state index in [1.807, 2.05) is 6.07 Å². The first-order valence-corrected chi connectivity index (χ1v) is 6.33. The first-order chi connectivity index (χ1) is 8.19. The lowest BCUT2D eigenvalue weighted by Gasteiger charge is -2.30. The number of hydrogen-bond donors (Lipinski definition) is 1. The highest BCUT2D eigenvalue weighted by Gasteiger charge is 2.21. The lowest BCUT2D eigenvalue weighted by molar-refractivity contribution is 0.00925. The molecule has 1 aromatic rings. The third kappa shape index (κ3) is 3.19. The van der Waals surface area contributed by atoms with Gasteiger partial charge in [0.05, 0.1) is 6.10 Å². The van der Waals surface area contributed by atoms with Crippen molar-refractivity contribution in [3.05, 3.63) is 29.6 Å².